The Labute approximate surface area is 115 Å². The molecule has 1 saturated carbocycles. The van der Waals surface area contributed by atoms with Gasteiger partial charge in [-0.1, -0.05) is 20.8 Å². The summed E-state index contributed by atoms with van der Waals surface area (Å²) in [7, 11) is 0. The number of hydrogen-bond acceptors (Lipinski definition) is 3. The van der Waals surface area contributed by atoms with Crippen LogP contribution in [-0.4, -0.2) is 40.6 Å². The number of thioether (sulfide) groups is 1. The van der Waals surface area contributed by atoms with Gasteiger partial charge in [-0.25, -0.2) is 0 Å². The van der Waals surface area contributed by atoms with E-state index in [1.807, 2.05) is 11.8 Å². The first kappa shape index (κ1) is 14.2. The lowest BCUT2D eigenvalue weighted by Crippen LogP contribution is -2.43. The summed E-state index contributed by atoms with van der Waals surface area (Å²) in [5.41, 5.74) is 0. The van der Waals surface area contributed by atoms with E-state index < -0.39 is 0 Å². The fourth-order valence-corrected chi connectivity index (χ4v) is 4.07. The highest BCUT2D eigenvalue weighted by molar-refractivity contribution is 7.99. The SMILES string of the molecule is CCC1NC(C(C)C)C(=O)N1C1CCC(SC)C1. The van der Waals surface area contributed by atoms with Crippen LogP contribution in [0.15, 0.2) is 0 Å². The maximum absolute atomic E-state index is 12.6. The average Bonchev–Trinajstić information content (AvgIpc) is 2.92. The van der Waals surface area contributed by atoms with Crippen molar-refractivity contribution in [2.75, 3.05) is 6.26 Å². The highest BCUT2D eigenvalue weighted by Gasteiger charge is 2.44. The van der Waals surface area contributed by atoms with Crippen LogP contribution in [0.2, 0.25) is 0 Å². The van der Waals surface area contributed by atoms with E-state index in [0.717, 1.165) is 11.7 Å². The quantitative estimate of drug-likeness (QED) is 0.852. The van der Waals surface area contributed by atoms with Gasteiger partial charge >= 0.3 is 0 Å². The molecule has 4 unspecified atom stereocenters. The second-order valence-electron chi connectivity index (χ2n) is 5.88. The van der Waals surface area contributed by atoms with Crippen molar-refractivity contribution in [1.82, 2.24) is 10.2 Å². The number of amides is 1. The smallest absolute Gasteiger partial charge is 0.241 e. The predicted octanol–water partition coefficient (Wildman–Crippen LogP) is 2.46. The van der Waals surface area contributed by atoms with Crippen LogP contribution in [0, 0.1) is 5.92 Å². The molecule has 2 rings (SSSR count). The third-order valence-corrected chi connectivity index (χ3v) is 5.46. The van der Waals surface area contributed by atoms with Crippen LogP contribution in [0.3, 0.4) is 0 Å². The molecule has 2 aliphatic rings. The van der Waals surface area contributed by atoms with Gasteiger partial charge in [0.05, 0.1) is 12.2 Å². The van der Waals surface area contributed by atoms with E-state index in [9.17, 15) is 4.79 Å². The maximum Gasteiger partial charge on any atom is 0.241 e. The molecule has 104 valence electrons. The number of nitrogens with one attached hydrogen (secondary N) is 1. The normalized spacial score (nSPS) is 36.9. The topological polar surface area (TPSA) is 32.3 Å². The first-order chi connectivity index (χ1) is 8.58. The van der Waals surface area contributed by atoms with Crippen LogP contribution in [0.4, 0.5) is 0 Å². The van der Waals surface area contributed by atoms with Crippen LogP contribution in [0.1, 0.15) is 46.5 Å². The molecule has 4 atom stereocenters. The van der Waals surface area contributed by atoms with Gasteiger partial charge in [0.15, 0.2) is 0 Å². The van der Waals surface area contributed by atoms with Gasteiger partial charge in [-0.3, -0.25) is 10.1 Å². The summed E-state index contributed by atoms with van der Waals surface area (Å²) in [6.07, 6.45) is 7.07. The van der Waals surface area contributed by atoms with Crippen molar-refractivity contribution in [3.05, 3.63) is 0 Å². The molecule has 0 aromatic carbocycles. The van der Waals surface area contributed by atoms with Crippen LogP contribution < -0.4 is 5.32 Å². The monoisotopic (exact) mass is 270 g/mol. The molecule has 1 heterocycles. The molecule has 4 heteroatoms. The van der Waals surface area contributed by atoms with E-state index in [-0.39, 0.29) is 12.2 Å². The summed E-state index contributed by atoms with van der Waals surface area (Å²) in [5.74, 6) is 0.720. The minimum absolute atomic E-state index is 0.0308. The third kappa shape index (κ3) is 2.55. The fourth-order valence-electron chi connectivity index (χ4n) is 3.28. The number of nitrogens with zero attached hydrogens (tertiary/aromatic N) is 1. The zero-order valence-electron chi connectivity index (χ0n) is 12.0. The molecule has 0 bridgehead atoms. The Hall–Kier alpha value is -0.220. The molecule has 1 N–H and O–H groups in total. The van der Waals surface area contributed by atoms with Gasteiger partial charge < -0.3 is 4.90 Å². The molecular weight excluding hydrogens is 244 g/mol. The highest BCUT2D eigenvalue weighted by atomic mass is 32.2. The molecule has 1 aliphatic carbocycles. The Bertz CT molecular complexity index is 308. The molecule has 2 fully saturated rings. The van der Waals surface area contributed by atoms with Crippen molar-refractivity contribution in [1.29, 1.82) is 0 Å². The zero-order valence-corrected chi connectivity index (χ0v) is 12.8. The summed E-state index contributed by atoms with van der Waals surface area (Å²) >= 11 is 1.95. The Morgan fingerprint density at radius 1 is 1.44 bits per heavy atom. The fraction of sp³-hybridized carbons (Fsp3) is 0.929. The van der Waals surface area contributed by atoms with Gasteiger partial charge in [0.25, 0.3) is 0 Å². The molecule has 1 aliphatic heterocycles. The molecule has 0 aromatic rings. The lowest BCUT2D eigenvalue weighted by molar-refractivity contribution is -0.132. The molecule has 3 nitrogen and oxygen atoms in total. The highest BCUT2D eigenvalue weighted by Crippen LogP contribution is 2.34. The molecule has 0 radical (unpaired) electrons. The van der Waals surface area contributed by atoms with Crippen LogP contribution in [0.25, 0.3) is 0 Å². The number of carbonyl (C=O) groups excluding carboxylic acids is 1. The first-order valence-corrected chi connectivity index (χ1v) is 8.48. The largest absolute Gasteiger partial charge is 0.323 e. The second-order valence-corrected chi connectivity index (χ2v) is 7.02. The van der Waals surface area contributed by atoms with Crippen LogP contribution >= 0.6 is 11.8 Å². The van der Waals surface area contributed by atoms with E-state index in [1.165, 1.54) is 19.3 Å². The Morgan fingerprint density at radius 2 is 2.17 bits per heavy atom. The minimum Gasteiger partial charge on any atom is -0.323 e. The molecule has 1 amide bonds. The number of rotatable bonds is 4. The first-order valence-electron chi connectivity index (χ1n) is 7.19. The minimum atomic E-state index is 0.0308. The van der Waals surface area contributed by atoms with Crippen LogP contribution in [-0.2, 0) is 4.79 Å². The Morgan fingerprint density at radius 3 is 2.67 bits per heavy atom. The number of carbonyl (C=O) groups is 1. The van der Waals surface area contributed by atoms with E-state index in [4.69, 9.17) is 0 Å². The lowest BCUT2D eigenvalue weighted by Gasteiger charge is -2.29. The van der Waals surface area contributed by atoms with E-state index >= 15 is 0 Å². The summed E-state index contributed by atoms with van der Waals surface area (Å²) in [4.78, 5) is 14.7. The van der Waals surface area contributed by atoms with Crippen molar-refractivity contribution in [3.8, 4) is 0 Å². The predicted molar refractivity (Wildman–Crippen MR) is 77.6 cm³/mol. The summed E-state index contributed by atoms with van der Waals surface area (Å²) in [6.45, 7) is 6.43. The van der Waals surface area contributed by atoms with Gasteiger partial charge in [-0.05, 0) is 37.9 Å². The lowest BCUT2D eigenvalue weighted by atomic mass is 10.0. The van der Waals surface area contributed by atoms with E-state index in [2.05, 4.69) is 37.2 Å². The van der Waals surface area contributed by atoms with Crippen molar-refractivity contribution in [2.45, 2.75) is 70.0 Å². The van der Waals surface area contributed by atoms with Gasteiger partial charge in [-0.2, -0.15) is 11.8 Å². The second kappa shape index (κ2) is 5.83. The van der Waals surface area contributed by atoms with Crippen molar-refractivity contribution in [3.63, 3.8) is 0 Å². The standard InChI is InChI=1S/C14H26N2OS/c1-5-12-15-13(9(2)3)14(17)16(12)10-6-7-11(8-10)18-4/h9-13,15H,5-8H2,1-4H3. The van der Waals surface area contributed by atoms with Gasteiger partial charge in [0, 0.05) is 11.3 Å². The number of hydrogen-bond donors (Lipinski definition) is 1. The van der Waals surface area contributed by atoms with Gasteiger partial charge in [0.1, 0.15) is 0 Å². The third-order valence-electron chi connectivity index (χ3n) is 4.37. The molecular formula is C14H26N2OS. The summed E-state index contributed by atoms with van der Waals surface area (Å²) in [5, 5.41) is 4.27. The van der Waals surface area contributed by atoms with Crippen molar-refractivity contribution < 1.29 is 4.79 Å². The maximum atomic E-state index is 12.6. The van der Waals surface area contributed by atoms with Crippen molar-refractivity contribution in [2.24, 2.45) is 5.92 Å². The molecule has 1 saturated heterocycles. The van der Waals surface area contributed by atoms with E-state index in [0.29, 0.717) is 17.9 Å². The molecule has 0 aromatic heterocycles. The summed E-state index contributed by atoms with van der Waals surface area (Å²) in [6, 6.07) is 0.499. The van der Waals surface area contributed by atoms with Crippen LogP contribution in [0.5, 0.6) is 0 Å². The summed E-state index contributed by atoms with van der Waals surface area (Å²) < 4.78 is 0. The van der Waals surface area contributed by atoms with Gasteiger partial charge in [-0.15, -0.1) is 0 Å². The molecule has 18 heavy (non-hydrogen) atoms. The molecule has 0 spiro atoms. The van der Waals surface area contributed by atoms with E-state index in [1.54, 1.807) is 0 Å². The Kier molecular flexibility index (Phi) is 4.59. The van der Waals surface area contributed by atoms with Gasteiger partial charge in [0.2, 0.25) is 5.91 Å². The van der Waals surface area contributed by atoms with Crippen molar-refractivity contribution >= 4 is 17.7 Å². The Balaban J connectivity index is 2.08. The zero-order chi connectivity index (χ0) is 13.3. The average molecular weight is 270 g/mol.